The van der Waals surface area contributed by atoms with E-state index in [1.54, 1.807) is 36.4 Å². The molecule has 0 radical (unpaired) electrons. The summed E-state index contributed by atoms with van der Waals surface area (Å²) in [6.07, 6.45) is 1.06. The lowest BCUT2D eigenvalue weighted by Crippen LogP contribution is -2.48. The number of aryl methyl sites for hydroxylation is 1. The van der Waals surface area contributed by atoms with Crippen molar-refractivity contribution in [2.45, 2.75) is 19.9 Å². The summed E-state index contributed by atoms with van der Waals surface area (Å²) in [5.41, 5.74) is 1.29. The molecule has 0 aliphatic rings. The predicted molar refractivity (Wildman–Crippen MR) is 114 cm³/mol. The largest absolute Gasteiger partial charge is 0.497 e. The Labute approximate surface area is 176 Å². The zero-order valence-corrected chi connectivity index (χ0v) is 18.4. The quantitative estimate of drug-likeness (QED) is 0.606. The average molecular weight is 441 g/mol. The van der Waals surface area contributed by atoms with Crippen LogP contribution in [0.25, 0.3) is 0 Å². The molecule has 7 nitrogen and oxygen atoms in total. The molecule has 0 aliphatic carbocycles. The number of anilines is 1. The number of ether oxygens (including phenoxy) is 2. The van der Waals surface area contributed by atoms with Gasteiger partial charge in [-0.15, -0.1) is 0 Å². The highest BCUT2D eigenvalue weighted by molar-refractivity contribution is 7.92. The van der Waals surface area contributed by atoms with Gasteiger partial charge in [0.25, 0.3) is 0 Å². The first kappa shape index (κ1) is 22.8. The van der Waals surface area contributed by atoms with Gasteiger partial charge in [0.05, 0.1) is 25.6 Å². The van der Waals surface area contributed by atoms with Crippen LogP contribution in [0.4, 0.5) is 5.69 Å². The second kappa shape index (κ2) is 9.84. The molecular weight excluding hydrogens is 416 g/mol. The van der Waals surface area contributed by atoms with Crippen LogP contribution in [-0.4, -0.2) is 46.9 Å². The van der Waals surface area contributed by atoms with Crippen molar-refractivity contribution in [2.75, 3.05) is 30.8 Å². The normalized spacial score (nSPS) is 12.2. The number of amides is 1. The number of sulfonamides is 1. The number of nitrogens with one attached hydrogen (secondary N) is 1. The van der Waals surface area contributed by atoms with Crippen LogP contribution in [0.5, 0.6) is 11.5 Å². The van der Waals surface area contributed by atoms with Crippen molar-refractivity contribution in [3.05, 3.63) is 53.1 Å². The third-order valence-corrected chi connectivity index (χ3v) is 5.86. The van der Waals surface area contributed by atoms with Gasteiger partial charge in [-0.25, -0.2) is 8.42 Å². The molecule has 0 saturated heterocycles. The lowest BCUT2D eigenvalue weighted by Gasteiger charge is -2.28. The van der Waals surface area contributed by atoms with Crippen LogP contribution < -0.4 is 19.1 Å². The first-order valence-electron chi connectivity index (χ1n) is 8.93. The molecule has 9 heteroatoms. The Morgan fingerprint density at radius 1 is 1.21 bits per heavy atom. The molecule has 2 aromatic rings. The van der Waals surface area contributed by atoms with E-state index < -0.39 is 22.0 Å². The highest BCUT2D eigenvalue weighted by Gasteiger charge is 2.29. The Morgan fingerprint density at radius 3 is 2.55 bits per heavy atom. The first-order valence-corrected chi connectivity index (χ1v) is 11.2. The topological polar surface area (TPSA) is 84.9 Å². The second-order valence-corrected chi connectivity index (χ2v) is 8.75. The minimum absolute atomic E-state index is 0.213. The van der Waals surface area contributed by atoms with E-state index in [0.717, 1.165) is 16.1 Å². The van der Waals surface area contributed by atoms with Crippen LogP contribution in [0.2, 0.25) is 5.02 Å². The number of methoxy groups -OCH3 is 1. The summed E-state index contributed by atoms with van der Waals surface area (Å²) >= 11 is 6.05. The van der Waals surface area contributed by atoms with E-state index in [9.17, 15) is 13.2 Å². The van der Waals surface area contributed by atoms with Crippen LogP contribution >= 0.6 is 11.6 Å². The van der Waals surface area contributed by atoms with Crippen molar-refractivity contribution in [1.29, 1.82) is 0 Å². The summed E-state index contributed by atoms with van der Waals surface area (Å²) in [6.45, 7) is 3.85. The highest BCUT2D eigenvalue weighted by atomic mass is 35.5. The zero-order chi connectivity index (χ0) is 21.6. The zero-order valence-electron chi connectivity index (χ0n) is 16.8. The van der Waals surface area contributed by atoms with Gasteiger partial charge in [0, 0.05) is 11.1 Å². The van der Waals surface area contributed by atoms with Gasteiger partial charge in [0.2, 0.25) is 15.9 Å². The Balaban J connectivity index is 2.00. The van der Waals surface area contributed by atoms with Gasteiger partial charge in [-0.2, -0.15) is 0 Å². The van der Waals surface area contributed by atoms with E-state index in [2.05, 4.69) is 5.32 Å². The van der Waals surface area contributed by atoms with Crippen molar-refractivity contribution in [2.24, 2.45) is 0 Å². The van der Waals surface area contributed by atoms with Gasteiger partial charge < -0.3 is 14.8 Å². The van der Waals surface area contributed by atoms with Crippen LogP contribution in [-0.2, 0) is 14.8 Å². The van der Waals surface area contributed by atoms with Crippen LogP contribution in [0.15, 0.2) is 42.5 Å². The second-order valence-electron chi connectivity index (χ2n) is 6.49. The van der Waals surface area contributed by atoms with Crippen molar-refractivity contribution < 1.29 is 22.7 Å². The standard InChI is InChI=1S/C20H25ClN2O5S/c1-14-8-9-18(13-19(14)21)28-11-10-22-20(24)15(2)23(29(4,25)26)16-6-5-7-17(12-16)27-3/h5-9,12-13,15H,10-11H2,1-4H3,(H,22,24)/t15-/m0/s1. The third kappa shape index (κ3) is 6.27. The van der Waals surface area contributed by atoms with Crippen LogP contribution in [0.1, 0.15) is 12.5 Å². The van der Waals surface area contributed by atoms with Crippen molar-refractivity contribution in [3.8, 4) is 11.5 Å². The van der Waals surface area contributed by atoms with E-state index in [4.69, 9.17) is 21.1 Å². The predicted octanol–water partition coefficient (Wildman–Crippen LogP) is 3.01. The summed E-state index contributed by atoms with van der Waals surface area (Å²) < 4.78 is 36.4. The summed E-state index contributed by atoms with van der Waals surface area (Å²) in [4.78, 5) is 12.5. The molecule has 0 unspecified atom stereocenters. The van der Waals surface area contributed by atoms with Gasteiger partial charge in [0.1, 0.15) is 24.1 Å². The first-order chi connectivity index (χ1) is 13.6. The average Bonchev–Trinajstić information content (AvgIpc) is 2.66. The minimum Gasteiger partial charge on any atom is -0.497 e. The maximum Gasteiger partial charge on any atom is 0.243 e. The number of hydrogen-bond donors (Lipinski definition) is 1. The van der Waals surface area contributed by atoms with Crippen molar-refractivity contribution >= 4 is 33.2 Å². The molecule has 158 valence electrons. The molecule has 0 spiro atoms. The molecule has 0 saturated carbocycles. The van der Waals surface area contributed by atoms with Gasteiger partial charge in [-0.05, 0) is 43.7 Å². The maximum absolute atomic E-state index is 12.5. The van der Waals surface area contributed by atoms with E-state index in [1.165, 1.54) is 14.0 Å². The third-order valence-electron chi connectivity index (χ3n) is 4.21. The summed E-state index contributed by atoms with van der Waals surface area (Å²) in [7, 11) is -2.21. The molecule has 0 fully saturated rings. The number of nitrogens with zero attached hydrogens (tertiary/aromatic N) is 1. The number of carbonyl (C=O) groups is 1. The molecule has 2 aromatic carbocycles. The van der Waals surface area contributed by atoms with Gasteiger partial charge >= 0.3 is 0 Å². The molecule has 29 heavy (non-hydrogen) atoms. The number of benzene rings is 2. The molecule has 1 amide bonds. The Bertz CT molecular complexity index is 965. The lowest BCUT2D eigenvalue weighted by molar-refractivity contribution is -0.121. The summed E-state index contributed by atoms with van der Waals surface area (Å²) in [5.74, 6) is 0.648. The molecule has 2 rings (SSSR count). The van der Waals surface area contributed by atoms with Crippen molar-refractivity contribution in [1.82, 2.24) is 5.32 Å². The van der Waals surface area contributed by atoms with Crippen molar-refractivity contribution in [3.63, 3.8) is 0 Å². The molecule has 0 heterocycles. The van der Waals surface area contributed by atoms with E-state index in [-0.39, 0.29) is 13.2 Å². The minimum atomic E-state index is -3.70. The number of carbonyl (C=O) groups excluding carboxylic acids is 1. The SMILES string of the molecule is COc1cccc(N([C@@H](C)C(=O)NCCOc2ccc(C)c(Cl)c2)S(C)(=O)=O)c1. The molecule has 1 atom stereocenters. The van der Waals surface area contributed by atoms with Gasteiger partial charge in [0.15, 0.2) is 0 Å². The number of hydrogen-bond acceptors (Lipinski definition) is 5. The van der Waals surface area contributed by atoms with E-state index in [0.29, 0.717) is 22.2 Å². The van der Waals surface area contributed by atoms with E-state index in [1.807, 2.05) is 13.0 Å². The molecule has 0 aromatic heterocycles. The maximum atomic E-state index is 12.5. The lowest BCUT2D eigenvalue weighted by atomic mass is 10.2. The Hall–Kier alpha value is -2.45. The highest BCUT2D eigenvalue weighted by Crippen LogP contribution is 2.25. The Kier molecular flexibility index (Phi) is 7.75. The fraction of sp³-hybridized carbons (Fsp3) is 0.350. The van der Waals surface area contributed by atoms with Crippen LogP contribution in [0, 0.1) is 6.92 Å². The molecule has 0 bridgehead atoms. The Morgan fingerprint density at radius 2 is 1.93 bits per heavy atom. The fourth-order valence-electron chi connectivity index (χ4n) is 2.71. The monoisotopic (exact) mass is 440 g/mol. The summed E-state index contributed by atoms with van der Waals surface area (Å²) in [5, 5.41) is 3.29. The van der Waals surface area contributed by atoms with Crippen LogP contribution in [0.3, 0.4) is 0 Å². The number of halogens is 1. The van der Waals surface area contributed by atoms with Gasteiger partial charge in [-0.1, -0.05) is 23.7 Å². The fourth-order valence-corrected chi connectivity index (χ4v) is 4.05. The number of rotatable bonds is 9. The summed E-state index contributed by atoms with van der Waals surface area (Å²) in [6, 6.07) is 10.9. The molecule has 0 aliphatic heterocycles. The van der Waals surface area contributed by atoms with Gasteiger partial charge in [-0.3, -0.25) is 9.10 Å². The van der Waals surface area contributed by atoms with E-state index >= 15 is 0 Å². The molecular formula is C20H25ClN2O5S. The smallest absolute Gasteiger partial charge is 0.243 e. The molecule has 1 N–H and O–H groups in total.